The van der Waals surface area contributed by atoms with Crippen molar-refractivity contribution in [2.75, 3.05) is 27.3 Å². The zero-order valence-electron chi connectivity index (χ0n) is 30.8. The van der Waals surface area contributed by atoms with E-state index in [1.807, 2.05) is 23.2 Å². The van der Waals surface area contributed by atoms with Crippen LogP contribution >= 0.6 is 0 Å². The lowest BCUT2D eigenvalue weighted by Crippen LogP contribution is -2.49. The maximum absolute atomic E-state index is 13.7. The Morgan fingerprint density at radius 2 is 1.38 bits per heavy atom. The Morgan fingerprint density at radius 1 is 0.836 bits per heavy atom. The molecule has 5 aromatic rings. The van der Waals surface area contributed by atoms with E-state index < -0.39 is 18.2 Å². The number of alkyl carbamates (subject to hydrolysis) is 1. The largest absolute Gasteiger partial charge is 0.453 e. The minimum absolute atomic E-state index is 0.0903. The lowest BCUT2D eigenvalue weighted by Gasteiger charge is -2.27. The third-order valence-electron chi connectivity index (χ3n) is 10.1. The van der Waals surface area contributed by atoms with Crippen molar-refractivity contribution in [1.82, 2.24) is 50.5 Å². The minimum Gasteiger partial charge on any atom is -0.453 e. The molecule has 2 fully saturated rings. The SMILES string of the molecule is COOC=N[C@@H](C)C(=O)N1CCC[C@H]1c1ncc(-c2ccc(-c3ccc(-c4cnc([C@@H]5CCCN5C(=O)[C@@H](Cc5cn[nH]n5)NC(=O)OC)[nH]4)cc3)cc2)[nH]1. The van der Waals surface area contributed by atoms with Crippen LogP contribution in [-0.4, -0.2) is 109 Å². The highest BCUT2D eigenvalue weighted by Crippen LogP contribution is 2.34. The molecule has 4 atom stereocenters. The standard InChI is InChI=1S/C38H43N11O6/c1-23(41-22-55-54-3)36(50)48-16-4-6-32(48)34-39-20-30(43-34)26-12-8-24(9-13-26)25-10-14-27(15-11-25)31-21-40-35(44-31)33-7-5-17-49(33)37(51)29(45-38(52)53-2)18-28-19-42-47-46-28/h8-15,19-23,29,32-33H,4-7,16-18H2,1-3H3,(H,39,43)(H,40,44)(H,45,52)(H,42,46,47)/t23-,29+,32-,33-/m0/s1. The molecular weight excluding hydrogens is 706 g/mol. The van der Waals surface area contributed by atoms with Gasteiger partial charge in [-0.15, -0.1) is 0 Å². The molecule has 55 heavy (non-hydrogen) atoms. The van der Waals surface area contributed by atoms with Gasteiger partial charge < -0.3 is 34.7 Å². The molecule has 17 nitrogen and oxygen atoms in total. The zero-order chi connectivity index (χ0) is 38.3. The summed E-state index contributed by atoms with van der Waals surface area (Å²) in [6.45, 7) is 2.91. The van der Waals surface area contributed by atoms with Crippen LogP contribution in [0.5, 0.6) is 0 Å². The fourth-order valence-corrected chi connectivity index (χ4v) is 7.22. The molecule has 17 heteroatoms. The number of benzene rings is 2. The normalized spacial score (nSPS) is 18.1. The average molecular weight is 750 g/mol. The van der Waals surface area contributed by atoms with Gasteiger partial charge in [-0.1, -0.05) is 48.5 Å². The number of ether oxygens (including phenoxy) is 1. The van der Waals surface area contributed by atoms with Gasteiger partial charge in [0.15, 0.2) is 0 Å². The van der Waals surface area contributed by atoms with Gasteiger partial charge in [-0.25, -0.2) is 19.8 Å². The van der Waals surface area contributed by atoms with Crippen molar-refractivity contribution < 1.29 is 28.9 Å². The van der Waals surface area contributed by atoms with Crippen molar-refractivity contribution in [1.29, 1.82) is 0 Å². The van der Waals surface area contributed by atoms with E-state index in [-0.39, 0.29) is 30.3 Å². The second-order valence-electron chi connectivity index (χ2n) is 13.4. The molecule has 0 aliphatic carbocycles. The summed E-state index contributed by atoms with van der Waals surface area (Å²) in [5.41, 5.74) is 6.31. The van der Waals surface area contributed by atoms with E-state index >= 15 is 0 Å². The highest BCUT2D eigenvalue weighted by atomic mass is 17.2. The van der Waals surface area contributed by atoms with E-state index in [0.29, 0.717) is 24.6 Å². The first kappa shape index (κ1) is 37.0. The third kappa shape index (κ3) is 8.26. The minimum atomic E-state index is -0.871. The molecule has 2 aliphatic heterocycles. The number of hydrogen-bond donors (Lipinski definition) is 4. The van der Waals surface area contributed by atoms with E-state index in [2.05, 4.69) is 91.8 Å². The summed E-state index contributed by atoms with van der Waals surface area (Å²) in [5.74, 6) is 1.11. The molecule has 0 radical (unpaired) electrons. The Labute approximate surface area is 316 Å². The van der Waals surface area contributed by atoms with Crippen LogP contribution in [0.1, 0.15) is 62.0 Å². The van der Waals surface area contributed by atoms with Crippen molar-refractivity contribution in [3.8, 4) is 33.6 Å². The predicted molar refractivity (Wildman–Crippen MR) is 200 cm³/mol. The van der Waals surface area contributed by atoms with Gasteiger partial charge >= 0.3 is 6.09 Å². The third-order valence-corrected chi connectivity index (χ3v) is 10.1. The smallest absolute Gasteiger partial charge is 0.407 e. The van der Waals surface area contributed by atoms with Gasteiger partial charge in [-0.3, -0.25) is 9.59 Å². The lowest BCUT2D eigenvalue weighted by atomic mass is 10.0. The molecule has 2 aromatic carbocycles. The molecule has 3 amide bonds. The van der Waals surface area contributed by atoms with Crippen molar-refractivity contribution in [3.63, 3.8) is 0 Å². The molecule has 3 aromatic heterocycles. The molecule has 2 aliphatic rings. The molecule has 0 bridgehead atoms. The summed E-state index contributed by atoms with van der Waals surface area (Å²) >= 11 is 0. The van der Waals surface area contributed by atoms with Gasteiger partial charge in [0, 0.05) is 19.5 Å². The Kier molecular flexibility index (Phi) is 11.3. The van der Waals surface area contributed by atoms with E-state index in [4.69, 9.17) is 4.74 Å². The number of aromatic nitrogens is 7. The lowest BCUT2D eigenvalue weighted by molar-refractivity contribution is -0.188. The summed E-state index contributed by atoms with van der Waals surface area (Å²) in [6, 6.07) is 14.6. The summed E-state index contributed by atoms with van der Waals surface area (Å²) in [7, 11) is 2.63. The Morgan fingerprint density at radius 3 is 1.89 bits per heavy atom. The summed E-state index contributed by atoms with van der Waals surface area (Å²) in [6.07, 6.45) is 8.97. The molecule has 286 valence electrons. The number of amides is 3. The maximum Gasteiger partial charge on any atom is 0.407 e. The number of nitrogens with one attached hydrogen (secondary N) is 4. The average Bonchev–Trinajstić information content (AvgIpc) is 4.07. The van der Waals surface area contributed by atoms with Crippen molar-refractivity contribution in [3.05, 3.63) is 84.5 Å². The van der Waals surface area contributed by atoms with Crippen LogP contribution in [0.4, 0.5) is 4.79 Å². The van der Waals surface area contributed by atoms with Crippen LogP contribution in [0.25, 0.3) is 33.6 Å². The van der Waals surface area contributed by atoms with Crippen LogP contribution in [0.2, 0.25) is 0 Å². The number of aliphatic imine (C=N–C) groups is 1. The number of aromatic amines is 3. The van der Waals surface area contributed by atoms with E-state index in [9.17, 15) is 14.4 Å². The Hall–Kier alpha value is -6.36. The number of imidazole rings is 2. The predicted octanol–water partition coefficient (Wildman–Crippen LogP) is 4.54. The van der Waals surface area contributed by atoms with Gasteiger partial charge in [0.05, 0.1) is 62.0 Å². The molecule has 7 rings (SSSR count). The second-order valence-corrected chi connectivity index (χ2v) is 13.4. The fourth-order valence-electron chi connectivity index (χ4n) is 7.22. The Bertz CT molecular complexity index is 2090. The number of methoxy groups -OCH3 is 1. The number of H-pyrrole nitrogens is 3. The van der Waals surface area contributed by atoms with Gasteiger partial charge in [0.2, 0.25) is 18.2 Å². The number of nitrogens with zero attached hydrogens (tertiary/aromatic N) is 7. The molecule has 2 saturated heterocycles. The van der Waals surface area contributed by atoms with E-state index in [0.717, 1.165) is 71.6 Å². The summed E-state index contributed by atoms with van der Waals surface area (Å²) in [4.78, 5) is 72.0. The number of carbonyl (C=O) groups excluding carboxylic acids is 3. The van der Waals surface area contributed by atoms with Crippen molar-refractivity contribution in [2.45, 2.75) is 63.2 Å². The maximum atomic E-state index is 13.7. The quantitative estimate of drug-likeness (QED) is 0.0572. The first-order chi connectivity index (χ1) is 26.8. The Balaban J connectivity index is 0.993. The monoisotopic (exact) mass is 749 g/mol. The van der Waals surface area contributed by atoms with E-state index in [1.165, 1.54) is 20.4 Å². The topological polar surface area (TPSA) is 209 Å². The number of hydrogen-bond acceptors (Lipinski definition) is 11. The first-order valence-corrected chi connectivity index (χ1v) is 18.1. The van der Waals surface area contributed by atoms with Gasteiger partial charge in [0.25, 0.3) is 0 Å². The summed E-state index contributed by atoms with van der Waals surface area (Å²) < 4.78 is 4.77. The molecule has 4 N–H and O–H groups in total. The molecular formula is C38H43N11O6. The van der Waals surface area contributed by atoms with Crippen molar-refractivity contribution >= 4 is 24.3 Å². The van der Waals surface area contributed by atoms with Gasteiger partial charge in [-0.2, -0.15) is 20.3 Å². The van der Waals surface area contributed by atoms with Crippen molar-refractivity contribution in [2.24, 2.45) is 4.99 Å². The fraction of sp³-hybridized carbons (Fsp3) is 0.368. The van der Waals surface area contributed by atoms with Gasteiger partial charge in [0.1, 0.15) is 23.7 Å². The summed E-state index contributed by atoms with van der Waals surface area (Å²) in [5, 5.41) is 13.0. The molecule has 0 unspecified atom stereocenters. The van der Waals surface area contributed by atoms with Crippen LogP contribution in [-0.2, 0) is 30.5 Å². The second kappa shape index (κ2) is 16.8. The molecule has 0 saturated carbocycles. The number of rotatable bonds is 13. The molecule has 5 heterocycles. The van der Waals surface area contributed by atoms with Crippen LogP contribution in [0, 0.1) is 0 Å². The van der Waals surface area contributed by atoms with Crippen LogP contribution in [0.3, 0.4) is 0 Å². The highest BCUT2D eigenvalue weighted by Gasteiger charge is 2.37. The first-order valence-electron chi connectivity index (χ1n) is 18.1. The van der Waals surface area contributed by atoms with E-state index in [1.54, 1.807) is 18.0 Å². The zero-order valence-corrected chi connectivity index (χ0v) is 30.8. The van der Waals surface area contributed by atoms with Gasteiger partial charge in [-0.05, 0) is 54.9 Å². The number of likely N-dealkylation sites (tertiary alicyclic amines) is 2. The van der Waals surface area contributed by atoms with Crippen LogP contribution < -0.4 is 5.32 Å². The van der Waals surface area contributed by atoms with Crippen LogP contribution in [0.15, 0.2) is 72.1 Å². The molecule has 0 spiro atoms. The number of carbonyl (C=O) groups is 3. The highest BCUT2D eigenvalue weighted by molar-refractivity contribution is 5.86.